The van der Waals surface area contributed by atoms with Crippen molar-refractivity contribution >= 4 is 22.8 Å². The molecule has 0 saturated carbocycles. The number of nitrogens with one attached hydrogen (secondary N) is 3. The third-order valence-electron chi connectivity index (χ3n) is 4.62. The molecule has 0 bridgehead atoms. The molecule has 0 fully saturated rings. The molecule has 0 radical (unpaired) electrons. The molecule has 4 aromatic rings. The van der Waals surface area contributed by atoms with Gasteiger partial charge in [-0.3, -0.25) is 0 Å². The average molecular weight is 431 g/mol. The molecule has 2 amide bonds. The second-order valence-corrected chi connectivity index (χ2v) is 6.95. The highest BCUT2D eigenvalue weighted by atomic mass is 19.1. The number of carbonyl (C=O) groups excluding carboxylic acids is 1. The lowest BCUT2D eigenvalue weighted by Gasteiger charge is -2.12. The summed E-state index contributed by atoms with van der Waals surface area (Å²) < 4.78 is 19.0. The molecule has 4 rings (SSSR count). The molecule has 0 unspecified atom stereocenters. The summed E-state index contributed by atoms with van der Waals surface area (Å²) in [6, 6.07) is 20.8. The molecule has 0 aliphatic rings. The Morgan fingerprint density at radius 3 is 2.75 bits per heavy atom. The number of benzene rings is 2. The van der Waals surface area contributed by atoms with Crippen LogP contribution in [0, 0.1) is 5.82 Å². The normalized spacial score (nSPS) is 10.5. The number of fused-ring (bicyclic) bond motifs is 1. The Kier molecular flexibility index (Phi) is 6.72. The standard InChI is InChI=1S/C24H22FN5O2/c25-19-7-3-8-20(15-19)32-23-18(6-4-12-27-23)16-29-24(31)28-14-13-26-22-11-10-17-5-1-2-9-21(17)30-22/h1-12,15H,13-14,16H2,(H,26,30)(H2,28,29,31). The number of aromatic nitrogens is 2. The maximum Gasteiger partial charge on any atom is 0.315 e. The lowest BCUT2D eigenvalue weighted by atomic mass is 10.2. The number of halogens is 1. The summed E-state index contributed by atoms with van der Waals surface area (Å²) in [5.74, 6) is 0.996. The molecule has 2 aromatic carbocycles. The summed E-state index contributed by atoms with van der Waals surface area (Å²) in [5.41, 5.74) is 1.58. The van der Waals surface area contributed by atoms with Gasteiger partial charge in [0, 0.05) is 42.8 Å². The molecular formula is C24H22FN5O2. The number of amides is 2. The van der Waals surface area contributed by atoms with Crippen molar-refractivity contribution in [3.63, 3.8) is 0 Å². The Morgan fingerprint density at radius 1 is 0.938 bits per heavy atom. The van der Waals surface area contributed by atoms with Crippen molar-refractivity contribution in [2.24, 2.45) is 0 Å². The summed E-state index contributed by atoms with van der Waals surface area (Å²) in [7, 11) is 0. The van der Waals surface area contributed by atoms with E-state index in [1.807, 2.05) is 36.4 Å². The second-order valence-electron chi connectivity index (χ2n) is 6.95. The zero-order valence-corrected chi connectivity index (χ0v) is 17.2. The van der Waals surface area contributed by atoms with Crippen molar-refractivity contribution < 1.29 is 13.9 Å². The third kappa shape index (κ3) is 5.69. The van der Waals surface area contributed by atoms with E-state index < -0.39 is 5.82 Å². The Labute approximate surface area is 184 Å². The van der Waals surface area contributed by atoms with Crippen LogP contribution in [0.3, 0.4) is 0 Å². The van der Waals surface area contributed by atoms with Crippen molar-refractivity contribution in [2.45, 2.75) is 6.54 Å². The van der Waals surface area contributed by atoms with Gasteiger partial charge < -0.3 is 20.7 Å². The van der Waals surface area contributed by atoms with Crippen LogP contribution in [-0.2, 0) is 6.54 Å². The summed E-state index contributed by atoms with van der Waals surface area (Å²) in [6.45, 7) is 1.16. The fraction of sp³-hybridized carbons (Fsp3) is 0.125. The second kappa shape index (κ2) is 10.2. The molecule has 0 atom stereocenters. The monoisotopic (exact) mass is 431 g/mol. The molecule has 162 valence electrons. The van der Waals surface area contributed by atoms with Crippen LogP contribution in [0.15, 0.2) is 79.0 Å². The molecule has 0 spiro atoms. The van der Waals surface area contributed by atoms with Crippen molar-refractivity contribution in [2.75, 3.05) is 18.4 Å². The van der Waals surface area contributed by atoms with Gasteiger partial charge in [-0.1, -0.05) is 30.3 Å². The van der Waals surface area contributed by atoms with Crippen LogP contribution in [-0.4, -0.2) is 29.1 Å². The van der Waals surface area contributed by atoms with Crippen molar-refractivity contribution in [3.05, 3.63) is 90.4 Å². The smallest absolute Gasteiger partial charge is 0.315 e. The van der Waals surface area contributed by atoms with Crippen molar-refractivity contribution in [1.29, 1.82) is 0 Å². The predicted octanol–water partition coefficient (Wildman–Crippen LogP) is 4.47. The van der Waals surface area contributed by atoms with E-state index >= 15 is 0 Å². The quantitative estimate of drug-likeness (QED) is 0.358. The van der Waals surface area contributed by atoms with Crippen molar-refractivity contribution in [3.8, 4) is 11.6 Å². The fourth-order valence-electron chi connectivity index (χ4n) is 3.06. The number of anilines is 1. The molecule has 32 heavy (non-hydrogen) atoms. The Bertz CT molecular complexity index is 1220. The lowest BCUT2D eigenvalue weighted by molar-refractivity contribution is 0.241. The zero-order chi connectivity index (χ0) is 22.2. The van der Waals surface area contributed by atoms with Gasteiger partial charge in [0.15, 0.2) is 0 Å². The minimum Gasteiger partial charge on any atom is -0.439 e. The summed E-state index contributed by atoms with van der Waals surface area (Å²) in [5, 5.41) is 9.83. The van der Waals surface area contributed by atoms with E-state index in [9.17, 15) is 9.18 Å². The minimum absolute atomic E-state index is 0.212. The topological polar surface area (TPSA) is 88.2 Å². The Hall–Kier alpha value is -4.20. The van der Waals surface area contributed by atoms with Gasteiger partial charge in [-0.05, 0) is 36.4 Å². The molecule has 2 heterocycles. The summed E-state index contributed by atoms with van der Waals surface area (Å²) >= 11 is 0. The van der Waals surface area contributed by atoms with Crippen LogP contribution in [0.5, 0.6) is 11.6 Å². The average Bonchev–Trinajstić information content (AvgIpc) is 2.81. The number of rotatable bonds is 8. The van der Waals surface area contributed by atoms with Crippen LogP contribution < -0.4 is 20.7 Å². The number of hydrogen-bond acceptors (Lipinski definition) is 5. The predicted molar refractivity (Wildman–Crippen MR) is 121 cm³/mol. The van der Waals surface area contributed by atoms with E-state index in [0.29, 0.717) is 30.3 Å². The first-order chi connectivity index (χ1) is 15.7. The van der Waals surface area contributed by atoms with E-state index in [4.69, 9.17) is 4.74 Å². The van der Waals surface area contributed by atoms with Crippen LogP contribution in [0.4, 0.5) is 15.0 Å². The fourth-order valence-corrected chi connectivity index (χ4v) is 3.06. The number of hydrogen-bond donors (Lipinski definition) is 3. The molecule has 2 aromatic heterocycles. The maximum absolute atomic E-state index is 13.4. The first-order valence-electron chi connectivity index (χ1n) is 10.2. The molecular weight excluding hydrogens is 409 g/mol. The van der Waals surface area contributed by atoms with Gasteiger partial charge in [-0.2, -0.15) is 0 Å². The molecule has 0 saturated heterocycles. The van der Waals surface area contributed by atoms with Crippen molar-refractivity contribution in [1.82, 2.24) is 20.6 Å². The van der Waals surface area contributed by atoms with Gasteiger partial charge in [-0.25, -0.2) is 19.2 Å². The minimum atomic E-state index is -0.398. The molecule has 8 heteroatoms. The van der Waals surface area contributed by atoms with Gasteiger partial charge in [0.25, 0.3) is 0 Å². The van der Waals surface area contributed by atoms with Gasteiger partial charge in [-0.15, -0.1) is 0 Å². The highest BCUT2D eigenvalue weighted by molar-refractivity contribution is 5.80. The Balaban J connectivity index is 1.23. The lowest BCUT2D eigenvalue weighted by Crippen LogP contribution is -2.37. The largest absolute Gasteiger partial charge is 0.439 e. The summed E-state index contributed by atoms with van der Waals surface area (Å²) in [4.78, 5) is 20.9. The number of para-hydroxylation sites is 1. The third-order valence-corrected chi connectivity index (χ3v) is 4.62. The van der Waals surface area contributed by atoms with Crippen LogP contribution in [0.1, 0.15) is 5.56 Å². The van der Waals surface area contributed by atoms with Gasteiger partial charge >= 0.3 is 6.03 Å². The summed E-state index contributed by atoms with van der Waals surface area (Å²) in [6.07, 6.45) is 1.57. The number of pyridine rings is 2. The molecule has 7 nitrogen and oxygen atoms in total. The van der Waals surface area contributed by atoms with Crippen LogP contribution in [0.25, 0.3) is 10.9 Å². The van der Waals surface area contributed by atoms with E-state index in [-0.39, 0.29) is 12.6 Å². The first kappa shape index (κ1) is 21.0. The number of ether oxygens (including phenoxy) is 1. The highest BCUT2D eigenvalue weighted by Gasteiger charge is 2.08. The Morgan fingerprint density at radius 2 is 1.84 bits per heavy atom. The van der Waals surface area contributed by atoms with E-state index in [1.54, 1.807) is 30.5 Å². The molecule has 0 aliphatic heterocycles. The van der Waals surface area contributed by atoms with Gasteiger partial charge in [0.1, 0.15) is 17.4 Å². The van der Waals surface area contributed by atoms with Gasteiger partial charge in [0.05, 0.1) is 5.52 Å². The molecule has 0 aliphatic carbocycles. The SMILES string of the molecule is O=C(NCCNc1ccc2ccccc2n1)NCc1cccnc1Oc1cccc(F)c1. The number of carbonyl (C=O) groups is 1. The van der Waals surface area contributed by atoms with Gasteiger partial charge in [0.2, 0.25) is 5.88 Å². The van der Waals surface area contributed by atoms with E-state index in [1.165, 1.54) is 12.1 Å². The zero-order valence-electron chi connectivity index (χ0n) is 17.2. The van der Waals surface area contributed by atoms with Crippen LogP contribution in [0.2, 0.25) is 0 Å². The highest BCUT2D eigenvalue weighted by Crippen LogP contribution is 2.23. The number of urea groups is 1. The van der Waals surface area contributed by atoms with E-state index in [2.05, 4.69) is 25.9 Å². The van der Waals surface area contributed by atoms with Crippen LogP contribution >= 0.6 is 0 Å². The molecule has 3 N–H and O–H groups in total. The maximum atomic E-state index is 13.4. The first-order valence-corrected chi connectivity index (χ1v) is 10.2. The number of nitrogens with zero attached hydrogens (tertiary/aromatic N) is 2. The van der Waals surface area contributed by atoms with E-state index in [0.717, 1.165) is 16.7 Å².